The van der Waals surface area contributed by atoms with Crippen molar-refractivity contribution in [3.05, 3.63) is 69.5 Å². The average molecular weight is 455 g/mol. The normalized spacial score (nSPS) is 16.6. The SMILES string of the molecule is Cc1ccc2[nH]cc(C(=O)Nc3ccc(N=C4CCC(C)CC4)cc3C(F)(F)F)c(=O)c2c1. The fourth-order valence-electron chi connectivity index (χ4n) is 4.03. The molecule has 1 heterocycles. The third-order valence-corrected chi connectivity index (χ3v) is 5.98. The van der Waals surface area contributed by atoms with E-state index in [1.807, 2.05) is 6.07 Å². The van der Waals surface area contributed by atoms with E-state index in [-0.39, 0.29) is 11.3 Å². The third kappa shape index (κ3) is 4.99. The largest absolute Gasteiger partial charge is 0.418 e. The van der Waals surface area contributed by atoms with Gasteiger partial charge in [-0.3, -0.25) is 14.6 Å². The molecule has 1 aliphatic rings. The number of benzene rings is 2. The Morgan fingerprint density at radius 2 is 1.85 bits per heavy atom. The number of nitrogens with one attached hydrogen (secondary N) is 2. The Hall–Kier alpha value is -3.42. The monoisotopic (exact) mass is 455 g/mol. The van der Waals surface area contributed by atoms with Crippen LogP contribution in [0.4, 0.5) is 24.5 Å². The van der Waals surface area contributed by atoms with E-state index in [9.17, 15) is 22.8 Å². The topological polar surface area (TPSA) is 74.3 Å². The second kappa shape index (κ2) is 8.84. The molecule has 0 aliphatic heterocycles. The van der Waals surface area contributed by atoms with Crippen LogP contribution >= 0.6 is 0 Å². The molecule has 0 atom stereocenters. The smallest absolute Gasteiger partial charge is 0.360 e. The van der Waals surface area contributed by atoms with E-state index in [2.05, 4.69) is 22.2 Å². The average Bonchev–Trinajstić information content (AvgIpc) is 2.76. The second-order valence-electron chi connectivity index (χ2n) is 8.62. The number of halogens is 3. The number of hydrogen-bond acceptors (Lipinski definition) is 3. The van der Waals surface area contributed by atoms with Crippen LogP contribution < -0.4 is 10.7 Å². The summed E-state index contributed by atoms with van der Waals surface area (Å²) in [6.45, 7) is 3.96. The van der Waals surface area contributed by atoms with E-state index in [0.29, 0.717) is 16.8 Å². The molecule has 1 aromatic heterocycles. The molecule has 2 N–H and O–H groups in total. The highest BCUT2D eigenvalue weighted by molar-refractivity contribution is 6.06. The Morgan fingerprint density at radius 3 is 2.55 bits per heavy atom. The first-order valence-electron chi connectivity index (χ1n) is 10.8. The van der Waals surface area contributed by atoms with Gasteiger partial charge in [-0.15, -0.1) is 0 Å². The maximum absolute atomic E-state index is 13.8. The van der Waals surface area contributed by atoms with Crippen LogP contribution in [0.3, 0.4) is 0 Å². The lowest BCUT2D eigenvalue weighted by Gasteiger charge is -2.19. The summed E-state index contributed by atoms with van der Waals surface area (Å²) in [6, 6.07) is 8.73. The van der Waals surface area contributed by atoms with Gasteiger partial charge in [-0.05, 0) is 68.9 Å². The molecule has 2 aromatic carbocycles. The lowest BCUT2D eigenvalue weighted by atomic mass is 9.89. The number of aliphatic imine (C=N–C) groups is 1. The molecule has 0 saturated heterocycles. The number of pyridine rings is 1. The number of aromatic amines is 1. The number of aromatic nitrogens is 1. The first kappa shape index (κ1) is 22.8. The Labute approximate surface area is 188 Å². The molecular weight excluding hydrogens is 431 g/mol. The van der Waals surface area contributed by atoms with Crippen LogP contribution in [0.2, 0.25) is 0 Å². The maximum atomic E-state index is 13.8. The molecule has 1 amide bonds. The summed E-state index contributed by atoms with van der Waals surface area (Å²) in [5, 5.41) is 2.56. The van der Waals surface area contributed by atoms with E-state index >= 15 is 0 Å². The molecule has 3 aromatic rings. The minimum atomic E-state index is -4.70. The number of rotatable bonds is 3. The molecule has 172 valence electrons. The standard InChI is InChI=1S/C25H24F3N3O2/c1-14-3-6-16(7-4-14)30-17-8-10-22(20(12-17)25(26,27)28)31-24(33)19-13-29-21-9-5-15(2)11-18(21)23(19)32/h5,8-14H,3-4,6-7H2,1-2H3,(H,29,32)(H,31,33). The molecule has 0 radical (unpaired) electrons. The number of alkyl halides is 3. The Balaban J connectivity index is 1.65. The van der Waals surface area contributed by atoms with Gasteiger partial charge in [-0.25, -0.2) is 0 Å². The van der Waals surface area contributed by atoms with Crippen molar-refractivity contribution in [3.8, 4) is 0 Å². The van der Waals surface area contributed by atoms with Crippen molar-refractivity contribution in [2.24, 2.45) is 10.9 Å². The van der Waals surface area contributed by atoms with Crippen molar-refractivity contribution in [2.45, 2.75) is 45.7 Å². The van der Waals surface area contributed by atoms with Crippen LogP contribution in [-0.4, -0.2) is 16.6 Å². The zero-order chi connectivity index (χ0) is 23.8. The highest BCUT2D eigenvalue weighted by atomic mass is 19.4. The van der Waals surface area contributed by atoms with Gasteiger partial charge in [0.1, 0.15) is 5.56 Å². The Morgan fingerprint density at radius 1 is 1.12 bits per heavy atom. The number of aryl methyl sites for hydroxylation is 1. The number of amides is 1. The van der Waals surface area contributed by atoms with Crippen LogP contribution in [0.1, 0.15) is 54.1 Å². The van der Waals surface area contributed by atoms with Crippen LogP contribution in [0.5, 0.6) is 0 Å². The number of fused-ring (bicyclic) bond motifs is 1. The summed E-state index contributed by atoms with van der Waals surface area (Å²) >= 11 is 0. The van der Waals surface area contributed by atoms with Gasteiger partial charge in [-0.1, -0.05) is 18.6 Å². The summed E-state index contributed by atoms with van der Waals surface area (Å²) in [5.41, 5.74) is 0.218. The highest BCUT2D eigenvalue weighted by Gasteiger charge is 2.34. The maximum Gasteiger partial charge on any atom is 0.418 e. The first-order valence-corrected chi connectivity index (χ1v) is 10.8. The molecule has 4 rings (SSSR count). The lowest BCUT2D eigenvalue weighted by Crippen LogP contribution is -2.23. The van der Waals surface area contributed by atoms with Crippen molar-refractivity contribution < 1.29 is 18.0 Å². The molecular formula is C25H24F3N3O2. The fraction of sp³-hybridized carbons (Fsp3) is 0.320. The van der Waals surface area contributed by atoms with Gasteiger partial charge in [0.25, 0.3) is 5.91 Å². The molecule has 33 heavy (non-hydrogen) atoms. The minimum Gasteiger partial charge on any atom is -0.360 e. The summed E-state index contributed by atoms with van der Waals surface area (Å²) < 4.78 is 41.3. The summed E-state index contributed by atoms with van der Waals surface area (Å²) in [6.07, 6.45) is -0.00584. The van der Waals surface area contributed by atoms with E-state index in [1.54, 1.807) is 19.1 Å². The highest BCUT2D eigenvalue weighted by Crippen LogP contribution is 2.38. The predicted molar refractivity (Wildman–Crippen MR) is 123 cm³/mol. The van der Waals surface area contributed by atoms with E-state index in [0.717, 1.165) is 43.0 Å². The molecule has 1 aliphatic carbocycles. The Bertz CT molecular complexity index is 1300. The fourth-order valence-corrected chi connectivity index (χ4v) is 4.03. The number of anilines is 1. The van der Waals surface area contributed by atoms with E-state index in [1.165, 1.54) is 18.3 Å². The van der Waals surface area contributed by atoms with Crippen LogP contribution in [0.15, 0.2) is 52.4 Å². The summed E-state index contributed by atoms with van der Waals surface area (Å²) in [5.74, 6) is -0.320. The van der Waals surface area contributed by atoms with Crippen LogP contribution in [0.25, 0.3) is 10.9 Å². The number of carbonyl (C=O) groups is 1. The molecule has 0 unspecified atom stereocenters. The van der Waals surface area contributed by atoms with Gasteiger partial charge in [0.2, 0.25) is 5.43 Å². The van der Waals surface area contributed by atoms with E-state index < -0.39 is 28.8 Å². The Kier molecular flexibility index (Phi) is 6.10. The van der Waals surface area contributed by atoms with Crippen molar-refractivity contribution in [1.82, 2.24) is 4.98 Å². The molecule has 8 heteroatoms. The molecule has 1 saturated carbocycles. The van der Waals surface area contributed by atoms with Crippen molar-refractivity contribution in [2.75, 3.05) is 5.32 Å². The van der Waals surface area contributed by atoms with Crippen molar-refractivity contribution in [3.63, 3.8) is 0 Å². The number of nitrogens with zero attached hydrogens (tertiary/aromatic N) is 1. The van der Waals surface area contributed by atoms with Crippen LogP contribution in [0, 0.1) is 12.8 Å². The third-order valence-electron chi connectivity index (χ3n) is 5.98. The van der Waals surface area contributed by atoms with Gasteiger partial charge in [-0.2, -0.15) is 13.2 Å². The van der Waals surface area contributed by atoms with Gasteiger partial charge >= 0.3 is 6.18 Å². The first-order chi connectivity index (χ1) is 15.6. The number of H-pyrrole nitrogens is 1. The number of hydrogen-bond donors (Lipinski definition) is 2. The minimum absolute atomic E-state index is 0.198. The number of carbonyl (C=O) groups excluding carboxylic acids is 1. The van der Waals surface area contributed by atoms with Crippen LogP contribution in [-0.2, 0) is 6.18 Å². The van der Waals surface area contributed by atoms with E-state index in [4.69, 9.17) is 0 Å². The summed E-state index contributed by atoms with van der Waals surface area (Å²) in [4.78, 5) is 32.8. The van der Waals surface area contributed by atoms with Gasteiger partial charge < -0.3 is 10.3 Å². The quantitative estimate of drug-likeness (QED) is 0.480. The van der Waals surface area contributed by atoms with Crippen molar-refractivity contribution in [1.29, 1.82) is 0 Å². The van der Waals surface area contributed by atoms with Gasteiger partial charge in [0, 0.05) is 22.8 Å². The zero-order valence-corrected chi connectivity index (χ0v) is 18.3. The zero-order valence-electron chi connectivity index (χ0n) is 18.3. The van der Waals surface area contributed by atoms with Crippen molar-refractivity contribution >= 4 is 33.9 Å². The van der Waals surface area contributed by atoms with Gasteiger partial charge in [0.05, 0.1) is 16.9 Å². The second-order valence-corrected chi connectivity index (χ2v) is 8.62. The lowest BCUT2D eigenvalue weighted by molar-refractivity contribution is -0.136. The predicted octanol–water partition coefficient (Wildman–Crippen LogP) is 6.39. The van der Waals surface area contributed by atoms with Gasteiger partial charge in [0.15, 0.2) is 0 Å². The molecule has 0 bridgehead atoms. The molecule has 0 spiro atoms. The molecule has 1 fully saturated rings. The molecule has 5 nitrogen and oxygen atoms in total. The summed E-state index contributed by atoms with van der Waals surface area (Å²) in [7, 11) is 0.